The first-order valence-corrected chi connectivity index (χ1v) is 6.60. The molecule has 0 radical (unpaired) electrons. The number of aromatic nitrogens is 1. The van der Waals surface area contributed by atoms with Crippen molar-refractivity contribution in [2.45, 2.75) is 33.7 Å². The van der Waals surface area contributed by atoms with E-state index in [2.05, 4.69) is 42.0 Å². The van der Waals surface area contributed by atoms with Crippen LogP contribution in [0.1, 0.15) is 31.4 Å². The molecule has 0 aliphatic rings. The van der Waals surface area contributed by atoms with Crippen molar-refractivity contribution < 1.29 is 0 Å². The topological polar surface area (TPSA) is 28.2 Å². The molecular weight excluding hydrogens is 210 g/mol. The lowest BCUT2D eigenvalue weighted by molar-refractivity contribution is 0.298. The summed E-state index contributed by atoms with van der Waals surface area (Å²) in [6, 6.07) is 2.09. The van der Waals surface area contributed by atoms with E-state index in [1.807, 2.05) is 12.4 Å². The van der Waals surface area contributed by atoms with Crippen LogP contribution in [0, 0.1) is 6.92 Å². The van der Waals surface area contributed by atoms with Crippen LogP contribution >= 0.6 is 0 Å². The average molecular weight is 235 g/mol. The summed E-state index contributed by atoms with van der Waals surface area (Å²) in [6.07, 6.45) is 5.00. The van der Waals surface area contributed by atoms with Crippen molar-refractivity contribution in [1.29, 1.82) is 0 Å². The summed E-state index contributed by atoms with van der Waals surface area (Å²) >= 11 is 0. The minimum atomic E-state index is 0.951. The lowest BCUT2D eigenvalue weighted by Gasteiger charge is -2.17. The zero-order chi connectivity index (χ0) is 12.5. The zero-order valence-corrected chi connectivity index (χ0v) is 11.4. The van der Waals surface area contributed by atoms with Gasteiger partial charge in [-0.2, -0.15) is 0 Å². The van der Waals surface area contributed by atoms with Gasteiger partial charge in [0.15, 0.2) is 0 Å². The second-order valence-corrected chi connectivity index (χ2v) is 4.36. The molecule has 1 heterocycles. The second kappa shape index (κ2) is 8.20. The van der Waals surface area contributed by atoms with Crippen LogP contribution in [0.25, 0.3) is 0 Å². The summed E-state index contributed by atoms with van der Waals surface area (Å²) in [5.41, 5.74) is 2.62. The summed E-state index contributed by atoms with van der Waals surface area (Å²) in [7, 11) is 0. The summed E-state index contributed by atoms with van der Waals surface area (Å²) in [5.74, 6) is 0. The SMILES string of the molecule is CCN(CC)CCCNCc1ccncc1C. The van der Waals surface area contributed by atoms with E-state index in [-0.39, 0.29) is 0 Å². The maximum atomic E-state index is 4.10. The van der Waals surface area contributed by atoms with Gasteiger partial charge in [0.25, 0.3) is 0 Å². The third-order valence-electron chi connectivity index (χ3n) is 3.17. The highest BCUT2D eigenvalue weighted by atomic mass is 15.1. The fraction of sp³-hybridized carbons (Fsp3) is 0.643. The largest absolute Gasteiger partial charge is 0.313 e. The van der Waals surface area contributed by atoms with Crippen LogP contribution in [-0.4, -0.2) is 36.1 Å². The van der Waals surface area contributed by atoms with Gasteiger partial charge >= 0.3 is 0 Å². The molecular formula is C14H25N3. The van der Waals surface area contributed by atoms with E-state index in [9.17, 15) is 0 Å². The number of nitrogens with zero attached hydrogens (tertiary/aromatic N) is 2. The molecule has 1 aromatic rings. The molecule has 0 spiro atoms. The van der Waals surface area contributed by atoms with Crippen LogP contribution in [0.2, 0.25) is 0 Å². The molecule has 0 aliphatic carbocycles. The lowest BCUT2D eigenvalue weighted by atomic mass is 10.1. The molecule has 1 rings (SSSR count). The smallest absolute Gasteiger partial charge is 0.0300 e. The maximum absolute atomic E-state index is 4.10. The highest BCUT2D eigenvalue weighted by Gasteiger charge is 1.99. The maximum Gasteiger partial charge on any atom is 0.0300 e. The van der Waals surface area contributed by atoms with Crippen molar-refractivity contribution in [3.8, 4) is 0 Å². The minimum Gasteiger partial charge on any atom is -0.313 e. The Balaban J connectivity index is 2.14. The van der Waals surface area contributed by atoms with E-state index >= 15 is 0 Å². The molecule has 0 unspecified atom stereocenters. The summed E-state index contributed by atoms with van der Waals surface area (Å²) in [5, 5.41) is 3.49. The number of nitrogens with one attached hydrogen (secondary N) is 1. The number of hydrogen-bond acceptors (Lipinski definition) is 3. The minimum absolute atomic E-state index is 0.951. The van der Waals surface area contributed by atoms with E-state index in [0.717, 1.165) is 26.2 Å². The van der Waals surface area contributed by atoms with Crippen LogP contribution in [0.15, 0.2) is 18.5 Å². The Kier molecular flexibility index (Phi) is 6.82. The quantitative estimate of drug-likeness (QED) is 0.700. The molecule has 17 heavy (non-hydrogen) atoms. The van der Waals surface area contributed by atoms with Crippen molar-refractivity contribution in [3.05, 3.63) is 29.6 Å². The van der Waals surface area contributed by atoms with Crippen LogP contribution in [0.5, 0.6) is 0 Å². The van der Waals surface area contributed by atoms with E-state index < -0.39 is 0 Å². The van der Waals surface area contributed by atoms with Gasteiger partial charge < -0.3 is 10.2 Å². The van der Waals surface area contributed by atoms with Crippen LogP contribution in [0.4, 0.5) is 0 Å². The standard InChI is InChI=1S/C14H25N3/c1-4-17(5-2)10-6-8-15-12-14-7-9-16-11-13(14)3/h7,9,11,15H,4-6,8,10,12H2,1-3H3. The molecule has 0 bridgehead atoms. The Hall–Kier alpha value is -0.930. The van der Waals surface area contributed by atoms with Gasteiger partial charge in [0.05, 0.1) is 0 Å². The molecule has 96 valence electrons. The monoisotopic (exact) mass is 235 g/mol. The van der Waals surface area contributed by atoms with Gasteiger partial charge in [-0.3, -0.25) is 4.98 Å². The Morgan fingerprint density at radius 1 is 1.29 bits per heavy atom. The Bertz CT molecular complexity index is 308. The van der Waals surface area contributed by atoms with Crippen molar-refractivity contribution in [1.82, 2.24) is 15.2 Å². The lowest BCUT2D eigenvalue weighted by Crippen LogP contribution is -2.27. The van der Waals surface area contributed by atoms with Crippen molar-refractivity contribution in [3.63, 3.8) is 0 Å². The summed E-state index contributed by atoms with van der Waals surface area (Å²) in [6.45, 7) is 12.1. The third kappa shape index (κ3) is 5.29. The Morgan fingerprint density at radius 2 is 2.06 bits per heavy atom. The van der Waals surface area contributed by atoms with Gasteiger partial charge in [-0.15, -0.1) is 0 Å². The molecule has 0 aliphatic heterocycles. The van der Waals surface area contributed by atoms with Crippen molar-refractivity contribution in [2.75, 3.05) is 26.2 Å². The Morgan fingerprint density at radius 3 is 2.71 bits per heavy atom. The molecule has 1 N–H and O–H groups in total. The van der Waals surface area contributed by atoms with Crippen molar-refractivity contribution >= 4 is 0 Å². The highest BCUT2D eigenvalue weighted by Crippen LogP contribution is 2.03. The third-order valence-corrected chi connectivity index (χ3v) is 3.17. The number of aryl methyl sites for hydroxylation is 1. The van der Waals surface area contributed by atoms with Gasteiger partial charge in [-0.25, -0.2) is 0 Å². The van der Waals surface area contributed by atoms with Crippen LogP contribution < -0.4 is 5.32 Å². The summed E-state index contributed by atoms with van der Waals surface area (Å²) < 4.78 is 0. The number of rotatable bonds is 8. The molecule has 0 saturated carbocycles. The van der Waals surface area contributed by atoms with Gasteiger partial charge in [0, 0.05) is 18.9 Å². The van der Waals surface area contributed by atoms with E-state index in [1.54, 1.807) is 0 Å². The molecule has 1 aromatic heterocycles. The van der Waals surface area contributed by atoms with Crippen LogP contribution in [0.3, 0.4) is 0 Å². The zero-order valence-electron chi connectivity index (χ0n) is 11.4. The van der Waals surface area contributed by atoms with Crippen LogP contribution in [-0.2, 0) is 6.54 Å². The van der Waals surface area contributed by atoms with E-state index in [4.69, 9.17) is 0 Å². The molecule has 0 aromatic carbocycles. The average Bonchev–Trinajstić information content (AvgIpc) is 2.36. The van der Waals surface area contributed by atoms with E-state index in [0.29, 0.717) is 0 Å². The fourth-order valence-corrected chi connectivity index (χ4v) is 1.89. The normalized spacial score (nSPS) is 11.1. The first kappa shape index (κ1) is 14.1. The Labute approximate surface area is 105 Å². The molecule has 3 nitrogen and oxygen atoms in total. The predicted octanol–water partition coefficient (Wildman–Crippen LogP) is 2.21. The van der Waals surface area contributed by atoms with E-state index in [1.165, 1.54) is 24.1 Å². The summed E-state index contributed by atoms with van der Waals surface area (Å²) in [4.78, 5) is 6.56. The molecule has 0 saturated heterocycles. The molecule has 0 amide bonds. The van der Waals surface area contributed by atoms with Gasteiger partial charge in [0.1, 0.15) is 0 Å². The first-order valence-electron chi connectivity index (χ1n) is 6.60. The fourth-order valence-electron chi connectivity index (χ4n) is 1.89. The van der Waals surface area contributed by atoms with Gasteiger partial charge in [-0.1, -0.05) is 13.8 Å². The number of pyridine rings is 1. The second-order valence-electron chi connectivity index (χ2n) is 4.36. The predicted molar refractivity (Wildman–Crippen MR) is 73.1 cm³/mol. The van der Waals surface area contributed by atoms with Crippen molar-refractivity contribution in [2.24, 2.45) is 0 Å². The molecule has 0 atom stereocenters. The number of hydrogen-bond donors (Lipinski definition) is 1. The molecule has 0 fully saturated rings. The van der Waals surface area contributed by atoms with Gasteiger partial charge in [-0.05, 0) is 56.7 Å². The van der Waals surface area contributed by atoms with Gasteiger partial charge in [0.2, 0.25) is 0 Å². The highest BCUT2D eigenvalue weighted by molar-refractivity contribution is 5.21. The molecule has 3 heteroatoms. The first-order chi connectivity index (χ1) is 8.27.